The highest BCUT2D eigenvalue weighted by atomic mass is 79.9. The number of halogens is 1. The molecule has 0 aromatic heterocycles. The zero-order chi connectivity index (χ0) is 15.3. The Labute approximate surface area is 133 Å². The van der Waals surface area contributed by atoms with Gasteiger partial charge in [-0.25, -0.2) is 4.79 Å². The number of rotatable bonds is 0. The molecule has 0 unspecified atom stereocenters. The molecule has 5 heteroatoms. The smallest absolute Gasteiger partial charge is 0.410 e. The van der Waals surface area contributed by atoms with Gasteiger partial charge in [0.2, 0.25) is 0 Å². The van der Waals surface area contributed by atoms with Gasteiger partial charge >= 0.3 is 6.09 Å². The van der Waals surface area contributed by atoms with E-state index < -0.39 is 5.60 Å². The van der Waals surface area contributed by atoms with Crippen molar-refractivity contribution >= 4 is 22.0 Å². The Morgan fingerprint density at radius 1 is 1.38 bits per heavy atom. The summed E-state index contributed by atoms with van der Waals surface area (Å²) in [4.78, 5) is 13.9. The highest BCUT2D eigenvalue weighted by Crippen LogP contribution is 2.46. The molecule has 2 aliphatic heterocycles. The molecule has 1 aromatic rings. The van der Waals surface area contributed by atoms with Crippen LogP contribution in [0.5, 0.6) is 5.75 Å². The van der Waals surface area contributed by atoms with Crippen molar-refractivity contribution in [3.8, 4) is 5.75 Å². The second kappa shape index (κ2) is 4.90. The Bertz CT molecular complexity index is 573. The minimum atomic E-state index is -0.446. The van der Waals surface area contributed by atoms with E-state index in [0.29, 0.717) is 19.7 Å². The molecule has 0 saturated carbocycles. The van der Waals surface area contributed by atoms with E-state index in [2.05, 4.69) is 22.0 Å². The number of carbonyl (C=O) groups excluding carboxylic acids is 1. The predicted octanol–water partition coefficient (Wildman–Crippen LogP) is 3.72. The van der Waals surface area contributed by atoms with Crippen LogP contribution < -0.4 is 4.74 Å². The summed E-state index contributed by atoms with van der Waals surface area (Å²) >= 11 is 3.47. The lowest BCUT2D eigenvalue weighted by atomic mass is 9.70. The van der Waals surface area contributed by atoms with E-state index >= 15 is 0 Å². The molecule has 1 saturated heterocycles. The van der Waals surface area contributed by atoms with E-state index in [0.717, 1.165) is 16.6 Å². The molecule has 0 atom stereocenters. The standard InChI is InChI=1S/C16H20BrNO3/c1-15(2,3)21-14(19)18-9-16(10-18)6-7-20-13-8-11(17)4-5-12(13)16/h4-5,8H,6-7,9-10H2,1-3H3. The van der Waals surface area contributed by atoms with E-state index in [9.17, 15) is 4.79 Å². The minimum Gasteiger partial charge on any atom is -0.493 e. The summed E-state index contributed by atoms with van der Waals surface area (Å²) < 4.78 is 12.2. The summed E-state index contributed by atoms with van der Waals surface area (Å²) in [6.07, 6.45) is 0.722. The molecule has 114 valence electrons. The molecule has 1 fully saturated rings. The number of hydrogen-bond donors (Lipinski definition) is 0. The van der Waals surface area contributed by atoms with Crippen LogP contribution in [0.2, 0.25) is 0 Å². The van der Waals surface area contributed by atoms with Gasteiger partial charge in [-0.2, -0.15) is 0 Å². The number of hydrogen-bond acceptors (Lipinski definition) is 3. The van der Waals surface area contributed by atoms with Crippen LogP contribution in [0, 0.1) is 0 Å². The maximum absolute atomic E-state index is 12.1. The average molecular weight is 354 g/mol. The van der Waals surface area contributed by atoms with Gasteiger partial charge in [0.15, 0.2) is 0 Å². The highest BCUT2D eigenvalue weighted by Gasteiger charge is 2.50. The Hall–Kier alpha value is -1.23. The van der Waals surface area contributed by atoms with Crippen LogP contribution >= 0.6 is 15.9 Å². The van der Waals surface area contributed by atoms with Crippen LogP contribution in [0.25, 0.3) is 0 Å². The van der Waals surface area contributed by atoms with Crippen LogP contribution in [0.3, 0.4) is 0 Å². The first-order valence-electron chi connectivity index (χ1n) is 7.20. The fraction of sp³-hybridized carbons (Fsp3) is 0.562. The van der Waals surface area contributed by atoms with Gasteiger partial charge < -0.3 is 14.4 Å². The van der Waals surface area contributed by atoms with Crippen molar-refractivity contribution in [2.45, 2.75) is 38.2 Å². The molecule has 0 radical (unpaired) electrons. The lowest BCUT2D eigenvalue weighted by molar-refractivity contribution is -0.0184. The van der Waals surface area contributed by atoms with Crippen LogP contribution in [0.4, 0.5) is 4.79 Å². The number of fused-ring (bicyclic) bond motifs is 2. The van der Waals surface area contributed by atoms with Crippen LogP contribution in [0.15, 0.2) is 22.7 Å². The Balaban J connectivity index is 1.75. The first-order chi connectivity index (χ1) is 9.79. The summed E-state index contributed by atoms with van der Waals surface area (Å²) in [6, 6.07) is 6.14. The summed E-state index contributed by atoms with van der Waals surface area (Å²) in [7, 11) is 0. The average Bonchev–Trinajstić information content (AvgIpc) is 2.32. The molecule has 0 aliphatic carbocycles. The maximum Gasteiger partial charge on any atom is 0.410 e. The monoisotopic (exact) mass is 353 g/mol. The molecular weight excluding hydrogens is 334 g/mol. The van der Waals surface area contributed by atoms with Crippen LogP contribution in [-0.2, 0) is 10.2 Å². The lowest BCUT2D eigenvalue weighted by Gasteiger charge is -2.52. The quantitative estimate of drug-likeness (QED) is 0.713. The largest absolute Gasteiger partial charge is 0.493 e. The van der Waals surface area contributed by atoms with Gasteiger partial charge in [0.05, 0.1) is 6.61 Å². The molecule has 4 nitrogen and oxygen atoms in total. The number of ether oxygens (including phenoxy) is 2. The summed E-state index contributed by atoms with van der Waals surface area (Å²) in [5.74, 6) is 0.930. The second-order valence-electron chi connectivity index (χ2n) is 6.86. The van der Waals surface area contributed by atoms with E-state index in [1.807, 2.05) is 32.9 Å². The van der Waals surface area contributed by atoms with Gasteiger partial charge in [0.25, 0.3) is 0 Å². The lowest BCUT2D eigenvalue weighted by Crippen LogP contribution is -2.63. The fourth-order valence-corrected chi connectivity index (χ4v) is 3.35. The van der Waals surface area contributed by atoms with Crippen molar-refractivity contribution in [2.24, 2.45) is 0 Å². The maximum atomic E-state index is 12.1. The molecule has 2 aliphatic rings. The van der Waals surface area contributed by atoms with Crippen molar-refractivity contribution in [2.75, 3.05) is 19.7 Å². The molecule has 1 spiro atoms. The Morgan fingerprint density at radius 2 is 2.10 bits per heavy atom. The van der Waals surface area contributed by atoms with E-state index in [1.165, 1.54) is 5.56 Å². The van der Waals surface area contributed by atoms with Gasteiger partial charge in [-0.15, -0.1) is 0 Å². The van der Waals surface area contributed by atoms with Crippen LogP contribution in [0.1, 0.15) is 32.8 Å². The van der Waals surface area contributed by atoms with Crippen LogP contribution in [-0.4, -0.2) is 36.3 Å². The van der Waals surface area contributed by atoms with E-state index in [4.69, 9.17) is 9.47 Å². The second-order valence-corrected chi connectivity index (χ2v) is 7.77. The first-order valence-corrected chi connectivity index (χ1v) is 7.99. The van der Waals surface area contributed by atoms with Gasteiger partial charge in [0.1, 0.15) is 11.4 Å². The third-order valence-corrected chi connectivity index (χ3v) is 4.49. The van der Waals surface area contributed by atoms with Crippen molar-refractivity contribution < 1.29 is 14.3 Å². The van der Waals surface area contributed by atoms with E-state index in [-0.39, 0.29) is 11.5 Å². The SMILES string of the molecule is CC(C)(C)OC(=O)N1CC2(CCOc3cc(Br)ccc32)C1. The summed E-state index contributed by atoms with van der Waals surface area (Å²) in [6.45, 7) is 7.79. The van der Waals surface area contributed by atoms with Crippen molar-refractivity contribution in [1.29, 1.82) is 0 Å². The third-order valence-electron chi connectivity index (χ3n) is 3.99. The molecule has 1 amide bonds. The van der Waals surface area contributed by atoms with E-state index in [1.54, 1.807) is 4.90 Å². The zero-order valence-electron chi connectivity index (χ0n) is 12.6. The number of amides is 1. The topological polar surface area (TPSA) is 38.8 Å². The third kappa shape index (κ3) is 2.76. The van der Waals surface area contributed by atoms with Gasteiger partial charge in [0, 0.05) is 28.5 Å². The number of nitrogens with zero attached hydrogens (tertiary/aromatic N) is 1. The van der Waals surface area contributed by atoms with Gasteiger partial charge in [-0.05, 0) is 39.3 Å². The predicted molar refractivity (Wildman–Crippen MR) is 83.7 cm³/mol. The normalized spacial score (nSPS) is 19.5. The van der Waals surface area contributed by atoms with Gasteiger partial charge in [-0.1, -0.05) is 22.0 Å². The molecule has 0 bridgehead atoms. The Morgan fingerprint density at radius 3 is 2.76 bits per heavy atom. The van der Waals surface area contributed by atoms with Crippen molar-refractivity contribution in [3.63, 3.8) is 0 Å². The summed E-state index contributed by atoms with van der Waals surface area (Å²) in [5, 5.41) is 0. The molecule has 21 heavy (non-hydrogen) atoms. The number of carbonyl (C=O) groups is 1. The zero-order valence-corrected chi connectivity index (χ0v) is 14.2. The fourth-order valence-electron chi connectivity index (χ4n) is 3.01. The molecular formula is C16H20BrNO3. The van der Waals surface area contributed by atoms with Gasteiger partial charge in [-0.3, -0.25) is 0 Å². The van der Waals surface area contributed by atoms with Crippen molar-refractivity contribution in [1.82, 2.24) is 4.90 Å². The minimum absolute atomic E-state index is 0.0329. The highest BCUT2D eigenvalue weighted by molar-refractivity contribution is 9.10. The Kier molecular flexibility index (Phi) is 3.43. The first kappa shape index (κ1) is 14.7. The number of likely N-dealkylation sites (tertiary alicyclic amines) is 1. The molecule has 0 N–H and O–H groups in total. The summed E-state index contributed by atoms with van der Waals surface area (Å²) in [5.41, 5.74) is 0.792. The number of benzene rings is 1. The molecule has 3 rings (SSSR count). The molecule has 2 heterocycles. The molecule has 1 aromatic carbocycles. The van der Waals surface area contributed by atoms with Crippen molar-refractivity contribution in [3.05, 3.63) is 28.2 Å².